The van der Waals surface area contributed by atoms with E-state index < -0.39 is 11.0 Å². The predicted octanol–water partition coefficient (Wildman–Crippen LogP) is 2.79. The fourth-order valence-electron chi connectivity index (χ4n) is 3.99. The first-order valence-electron chi connectivity index (χ1n) is 8.03. The van der Waals surface area contributed by atoms with Crippen LogP contribution >= 0.6 is 0 Å². The zero-order chi connectivity index (χ0) is 15.9. The first kappa shape index (κ1) is 14.7. The fourth-order valence-corrected chi connectivity index (χ4v) is 3.99. The molecule has 1 aromatic rings. The Morgan fingerprint density at radius 1 is 1.35 bits per heavy atom. The van der Waals surface area contributed by atoms with Crippen LogP contribution in [0.1, 0.15) is 18.4 Å². The lowest BCUT2D eigenvalue weighted by atomic mass is 9.70. The highest BCUT2D eigenvalue weighted by Gasteiger charge is 2.66. The summed E-state index contributed by atoms with van der Waals surface area (Å²) in [7, 11) is 0. The maximum atomic E-state index is 12.4. The molecule has 0 saturated carbocycles. The van der Waals surface area contributed by atoms with Gasteiger partial charge in [0.15, 0.2) is 0 Å². The topological polar surface area (TPSA) is 44.8 Å². The van der Waals surface area contributed by atoms with Crippen LogP contribution in [-0.2, 0) is 25.6 Å². The van der Waals surface area contributed by atoms with E-state index in [-0.39, 0.29) is 18.2 Å². The number of fused-ring (bicyclic) bond motifs is 3. The van der Waals surface area contributed by atoms with Crippen LogP contribution in [0, 0.1) is 5.41 Å². The molecule has 1 aromatic carbocycles. The molecule has 2 fully saturated rings. The number of cyclic esters (lactones) is 1. The third kappa shape index (κ3) is 2.09. The normalized spacial score (nSPS) is 38.0. The van der Waals surface area contributed by atoms with Gasteiger partial charge in [-0.1, -0.05) is 49.1 Å². The van der Waals surface area contributed by atoms with Crippen LogP contribution in [-0.4, -0.2) is 30.4 Å². The summed E-state index contributed by atoms with van der Waals surface area (Å²) in [4.78, 5) is 12.4. The molecule has 0 aliphatic carbocycles. The molecule has 0 amide bonds. The molecule has 2 bridgehead atoms. The zero-order valence-electron chi connectivity index (χ0n) is 12.9. The average Bonchev–Trinajstić information content (AvgIpc) is 3.08. The lowest BCUT2D eigenvalue weighted by Crippen LogP contribution is -2.46. The van der Waals surface area contributed by atoms with Gasteiger partial charge in [-0.25, -0.2) is 0 Å². The molecule has 1 spiro atoms. The molecule has 0 aromatic heterocycles. The van der Waals surface area contributed by atoms with E-state index in [2.05, 4.69) is 6.58 Å². The van der Waals surface area contributed by atoms with Crippen molar-refractivity contribution >= 4 is 5.97 Å². The third-order valence-electron chi connectivity index (χ3n) is 5.29. The summed E-state index contributed by atoms with van der Waals surface area (Å²) in [6.45, 7) is 4.88. The molecule has 3 unspecified atom stereocenters. The molecule has 4 rings (SSSR count). The van der Waals surface area contributed by atoms with Crippen molar-refractivity contribution in [3.8, 4) is 0 Å². The largest absolute Gasteiger partial charge is 0.465 e. The molecule has 4 atom stereocenters. The van der Waals surface area contributed by atoms with Gasteiger partial charge in [0.25, 0.3) is 0 Å². The Balaban J connectivity index is 1.55. The minimum atomic E-state index is -0.752. The van der Waals surface area contributed by atoms with E-state index in [1.54, 1.807) is 6.08 Å². The monoisotopic (exact) mass is 312 g/mol. The van der Waals surface area contributed by atoms with Crippen molar-refractivity contribution in [3.05, 3.63) is 60.7 Å². The molecule has 120 valence electrons. The van der Waals surface area contributed by atoms with Crippen LogP contribution in [0.4, 0.5) is 0 Å². The molecule has 23 heavy (non-hydrogen) atoms. The van der Waals surface area contributed by atoms with Gasteiger partial charge in [-0.3, -0.25) is 4.79 Å². The van der Waals surface area contributed by atoms with E-state index in [0.29, 0.717) is 26.1 Å². The first-order valence-corrected chi connectivity index (χ1v) is 8.03. The molecule has 2 saturated heterocycles. The Hall–Kier alpha value is -1.91. The highest BCUT2D eigenvalue weighted by molar-refractivity contribution is 5.82. The Kier molecular flexibility index (Phi) is 3.39. The maximum absolute atomic E-state index is 12.4. The van der Waals surface area contributed by atoms with Gasteiger partial charge in [0.05, 0.1) is 19.3 Å². The second-order valence-corrected chi connectivity index (χ2v) is 6.45. The van der Waals surface area contributed by atoms with E-state index >= 15 is 0 Å². The van der Waals surface area contributed by atoms with Gasteiger partial charge in [0.1, 0.15) is 17.1 Å². The summed E-state index contributed by atoms with van der Waals surface area (Å²) in [5.74, 6) is -0.173. The minimum Gasteiger partial charge on any atom is -0.465 e. The Morgan fingerprint density at radius 2 is 2.17 bits per heavy atom. The number of carbonyl (C=O) groups is 1. The quantitative estimate of drug-likeness (QED) is 0.633. The number of hydrogen-bond acceptors (Lipinski definition) is 4. The number of benzene rings is 1. The van der Waals surface area contributed by atoms with Crippen molar-refractivity contribution in [2.45, 2.75) is 37.3 Å². The van der Waals surface area contributed by atoms with E-state index in [0.717, 1.165) is 5.56 Å². The molecule has 3 aliphatic heterocycles. The molecule has 4 nitrogen and oxygen atoms in total. The van der Waals surface area contributed by atoms with E-state index in [9.17, 15) is 4.79 Å². The van der Waals surface area contributed by atoms with Crippen LogP contribution < -0.4 is 0 Å². The van der Waals surface area contributed by atoms with E-state index in [4.69, 9.17) is 14.2 Å². The molecular formula is C19H20O4. The maximum Gasteiger partial charge on any atom is 0.315 e. The van der Waals surface area contributed by atoms with Crippen LogP contribution in [0.5, 0.6) is 0 Å². The fraction of sp³-hybridized carbons (Fsp3) is 0.421. The lowest BCUT2D eigenvalue weighted by molar-refractivity contribution is -0.151. The standard InChI is InChI=1S/C19H20O4/c1-2-19-9-8-15(22-13-14-6-4-3-5-7-14)16(23-19)12-18(19)10-11-21-17(18)20/h2-9,15-16H,1,10-13H2/t15?,16?,18-,19?/m1/s1. The van der Waals surface area contributed by atoms with Crippen LogP contribution in [0.15, 0.2) is 55.1 Å². The smallest absolute Gasteiger partial charge is 0.315 e. The first-order chi connectivity index (χ1) is 11.2. The van der Waals surface area contributed by atoms with Gasteiger partial charge in [0, 0.05) is 6.42 Å². The van der Waals surface area contributed by atoms with Gasteiger partial charge < -0.3 is 14.2 Å². The van der Waals surface area contributed by atoms with Crippen molar-refractivity contribution in [2.75, 3.05) is 6.61 Å². The Bertz CT molecular complexity index is 653. The van der Waals surface area contributed by atoms with Crippen molar-refractivity contribution in [2.24, 2.45) is 5.41 Å². The highest BCUT2D eigenvalue weighted by Crippen LogP contribution is 2.56. The molecule has 3 heterocycles. The molecule has 3 aliphatic rings. The highest BCUT2D eigenvalue weighted by atomic mass is 16.6. The van der Waals surface area contributed by atoms with E-state index in [1.165, 1.54) is 0 Å². The van der Waals surface area contributed by atoms with Gasteiger partial charge >= 0.3 is 5.97 Å². The number of esters is 1. The molecule has 0 radical (unpaired) electrons. The summed E-state index contributed by atoms with van der Waals surface area (Å²) in [5.41, 5.74) is -0.270. The third-order valence-corrected chi connectivity index (χ3v) is 5.29. The number of rotatable bonds is 4. The molecule has 0 N–H and O–H groups in total. The SMILES string of the molecule is C=CC12C=CC(OCc3ccccc3)C(C[C@@]13CCOC3=O)O2. The van der Waals surface area contributed by atoms with Gasteiger partial charge in [-0.05, 0) is 18.1 Å². The van der Waals surface area contributed by atoms with E-state index in [1.807, 2.05) is 42.5 Å². The summed E-state index contributed by atoms with van der Waals surface area (Å²) < 4.78 is 17.5. The average molecular weight is 312 g/mol. The Labute approximate surface area is 135 Å². The number of hydrogen-bond donors (Lipinski definition) is 0. The summed E-state index contributed by atoms with van der Waals surface area (Å²) >= 11 is 0. The van der Waals surface area contributed by atoms with Crippen LogP contribution in [0.25, 0.3) is 0 Å². The molecular weight excluding hydrogens is 292 g/mol. The second kappa shape index (κ2) is 5.32. The lowest BCUT2D eigenvalue weighted by Gasteiger charge is -2.36. The van der Waals surface area contributed by atoms with Crippen molar-refractivity contribution < 1.29 is 19.0 Å². The predicted molar refractivity (Wildman–Crippen MR) is 84.6 cm³/mol. The van der Waals surface area contributed by atoms with Crippen molar-refractivity contribution in [1.82, 2.24) is 0 Å². The second-order valence-electron chi connectivity index (χ2n) is 6.45. The molecule has 4 heteroatoms. The van der Waals surface area contributed by atoms with Crippen molar-refractivity contribution in [3.63, 3.8) is 0 Å². The summed E-state index contributed by atoms with van der Waals surface area (Å²) in [5, 5.41) is 0. The van der Waals surface area contributed by atoms with Crippen molar-refractivity contribution in [1.29, 1.82) is 0 Å². The van der Waals surface area contributed by atoms with Gasteiger partial charge in [0.2, 0.25) is 0 Å². The van der Waals surface area contributed by atoms with Crippen LogP contribution in [0.3, 0.4) is 0 Å². The zero-order valence-corrected chi connectivity index (χ0v) is 12.9. The van der Waals surface area contributed by atoms with Gasteiger partial charge in [-0.2, -0.15) is 0 Å². The Morgan fingerprint density at radius 3 is 2.87 bits per heavy atom. The number of carbonyl (C=O) groups excluding carboxylic acids is 1. The van der Waals surface area contributed by atoms with Crippen LogP contribution in [0.2, 0.25) is 0 Å². The number of ether oxygens (including phenoxy) is 3. The summed E-state index contributed by atoms with van der Waals surface area (Å²) in [6, 6.07) is 10.0. The van der Waals surface area contributed by atoms with Gasteiger partial charge in [-0.15, -0.1) is 0 Å². The minimum absolute atomic E-state index is 0.146. The summed E-state index contributed by atoms with van der Waals surface area (Å²) in [6.07, 6.45) is 6.67.